The van der Waals surface area contributed by atoms with Crippen LogP contribution in [0, 0.1) is 0 Å². The van der Waals surface area contributed by atoms with Gasteiger partial charge in [-0.25, -0.2) is 4.79 Å². The predicted molar refractivity (Wildman–Crippen MR) is 111 cm³/mol. The van der Waals surface area contributed by atoms with Gasteiger partial charge in [0.15, 0.2) is 0 Å². The van der Waals surface area contributed by atoms with Crippen LogP contribution in [0.3, 0.4) is 0 Å². The summed E-state index contributed by atoms with van der Waals surface area (Å²) in [6.45, 7) is 0.893. The monoisotopic (exact) mass is 418 g/mol. The highest BCUT2D eigenvalue weighted by Crippen LogP contribution is 2.32. The van der Waals surface area contributed by atoms with Gasteiger partial charge in [-0.15, -0.1) is 0 Å². The minimum atomic E-state index is -0.522. The molecule has 2 atom stereocenters. The minimum absolute atomic E-state index is 0.0214. The van der Waals surface area contributed by atoms with Crippen molar-refractivity contribution < 1.29 is 9.53 Å². The highest BCUT2D eigenvalue weighted by Gasteiger charge is 2.29. The highest BCUT2D eigenvalue weighted by molar-refractivity contribution is 6.42. The van der Waals surface area contributed by atoms with Crippen LogP contribution < -0.4 is 10.6 Å². The van der Waals surface area contributed by atoms with Gasteiger partial charge in [-0.1, -0.05) is 35.7 Å². The molecule has 4 rings (SSSR count). The Balaban J connectivity index is 1.53. The number of benzene rings is 2. The van der Waals surface area contributed by atoms with Crippen LogP contribution in [0.25, 0.3) is 10.9 Å². The quantitative estimate of drug-likeness (QED) is 0.536. The number of nitrogens with one attached hydrogen (secondary N) is 3. The molecule has 0 saturated carbocycles. The Morgan fingerprint density at radius 1 is 1.18 bits per heavy atom. The molecule has 1 fully saturated rings. The zero-order valence-electron chi connectivity index (χ0n) is 15.0. The van der Waals surface area contributed by atoms with Crippen molar-refractivity contribution in [2.45, 2.75) is 31.4 Å². The Morgan fingerprint density at radius 3 is 2.86 bits per heavy atom. The lowest BCUT2D eigenvalue weighted by Crippen LogP contribution is -2.41. The molecular formula is C20H20Cl2N4O2. The molecule has 3 N–H and O–H groups in total. The number of ether oxygens (including phenoxy) is 1. The molecule has 1 aliphatic heterocycles. The van der Waals surface area contributed by atoms with Gasteiger partial charge in [0.1, 0.15) is 6.10 Å². The summed E-state index contributed by atoms with van der Waals surface area (Å²) in [5.41, 5.74) is 2.36. The fraction of sp³-hybridized carbons (Fsp3) is 0.300. The molecule has 2 aromatic carbocycles. The molecule has 0 radical (unpaired) electrons. The molecule has 0 aliphatic carbocycles. The number of nitrogens with zero attached hydrogens (tertiary/aromatic N) is 1. The van der Waals surface area contributed by atoms with Crippen molar-refractivity contribution in [3.63, 3.8) is 0 Å². The average Bonchev–Trinajstić information content (AvgIpc) is 3.17. The molecule has 146 valence electrons. The largest absolute Gasteiger partial charge is 0.439 e. The number of fused-ring (bicyclic) bond motifs is 1. The Kier molecular flexibility index (Phi) is 5.71. The van der Waals surface area contributed by atoms with Crippen LogP contribution in [-0.4, -0.2) is 28.9 Å². The summed E-state index contributed by atoms with van der Waals surface area (Å²) < 4.78 is 5.83. The number of H-pyrrole nitrogens is 1. The van der Waals surface area contributed by atoms with Gasteiger partial charge in [0.05, 0.1) is 21.8 Å². The number of carbonyl (C=O) groups excluding carboxylic acids is 1. The molecule has 6 nitrogen and oxygen atoms in total. The zero-order chi connectivity index (χ0) is 19.5. The van der Waals surface area contributed by atoms with Crippen molar-refractivity contribution in [3.05, 3.63) is 58.2 Å². The number of carbonyl (C=O) groups is 1. The van der Waals surface area contributed by atoms with Gasteiger partial charge in [0.25, 0.3) is 0 Å². The van der Waals surface area contributed by atoms with E-state index in [1.165, 1.54) is 0 Å². The average molecular weight is 419 g/mol. The van der Waals surface area contributed by atoms with Crippen molar-refractivity contribution >= 4 is 45.9 Å². The van der Waals surface area contributed by atoms with E-state index in [4.69, 9.17) is 27.9 Å². The first-order valence-electron chi connectivity index (χ1n) is 9.19. The van der Waals surface area contributed by atoms with Gasteiger partial charge in [-0.3, -0.25) is 10.4 Å². The molecule has 0 bridgehead atoms. The first-order chi connectivity index (χ1) is 13.6. The number of anilines is 1. The Labute approximate surface area is 172 Å². The number of hydrogen-bond donors (Lipinski definition) is 3. The van der Waals surface area contributed by atoms with E-state index >= 15 is 0 Å². The summed E-state index contributed by atoms with van der Waals surface area (Å²) in [4.78, 5) is 12.6. The van der Waals surface area contributed by atoms with Crippen molar-refractivity contribution in [3.8, 4) is 0 Å². The van der Waals surface area contributed by atoms with Crippen LogP contribution >= 0.6 is 23.2 Å². The molecule has 0 unspecified atom stereocenters. The third-order valence-electron chi connectivity index (χ3n) is 4.91. The SMILES string of the molecule is O=C(Nc1ccc2[nH]ncc2c1)O[C@@H](c1ccc(Cl)c(Cl)c1)[C@@H]1CCCCN1. The van der Waals surface area contributed by atoms with Gasteiger partial charge >= 0.3 is 6.09 Å². The molecular weight excluding hydrogens is 399 g/mol. The number of rotatable bonds is 4. The Bertz CT molecular complexity index is 985. The molecule has 28 heavy (non-hydrogen) atoms. The molecule has 1 aliphatic rings. The number of amides is 1. The number of hydrogen-bond acceptors (Lipinski definition) is 4. The molecule has 1 aromatic heterocycles. The number of aromatic amines is 1. The van der Waals surface area contributed by atoms with Crippen LogP contribution in [0.4, 0.5) is 10.5 Å². The number of piperidine rings is 1. The van der Waals surface area contributed by atoms with E-state index < -0.39 is 12.2 Å². The van der Waals surface area contributed by atoms with Gasteiger partial charge < -0.3 is 10.1 Å². The van der Waals surface area contributed by atoms with Crippen LogP contribution in [0.5, 0.6) is 0 Å². The maximum atomic E-state index is 12.6. The number of halogens is 2. The second-order valence-corrected chi connectivity index (χ2v) is 7.67. The van der Waals surface area contributed by atoms with E-state index in [9.17, 15) is 4.79 Å². The normalized spacial score (nSPS) is 18.0. The molecule has 3 aromatic rings. The van der Waals surface area contributed by atoms with Crippen molar-refractivity contribution in [2.75, 3.05) is 11.9 Å². The third kappa shape index (κ3) is 4.24. The fourth-order valence-electron chi connectivity index (χ4n) is 3.49. The van der Waals surface area contributed by atoms with Crippen LogP contribution in [0.2, 0.25) is 10.0 Å². The molecule has 1 amide bonds. The smallest absolute Gasteiger partial charge is 0.412 e. The van der Waals surface area contributed by atoms with Crippen LogP contribution in [0.1, 0.15) is 30.9 Å². The Hall–Kier alpha value is -2.28. The predicted octanol–water partition coefficient (Wildman–Crippen LogP) is 5.30. The van der Waals surface area contributed by atoms with E-state index in [0.717, 1.165) is 42.3 Å². The molecule has 2 heterocycles. The summed E-state index contributed by atoms with van der Waals surface area (Å²) in [5, 5.41) is 14.9. The second kappa shape index (κ2) is 8.39. The number of aromatic nitrogens is 2. The van der Waals surface area contributed by atoms with Crippen molar-refractivity contribution in [1.82, 2.24) is 15.5 Å². The van der Waals surface area contributed by atoms with Gasteiger partial charge in [-0.2, -0.15) is 5.10 Å². The van der Waals surface area contributed by atoms with Crippen molar-refractivity contribution in [1.29, 1.82) is 0 Å². The van der Waals surface area contributed by atoms with Crippen molar-refractivity contribution in [2.24, 2.45) is 0 Å². The van der Waals surface area contributed by atoms with Crippen LogP contribution in [0.15, 0.2) is 42.6 Å². The van der Waals surface area contributed by atoms with Gasteiger partial charge in [-0.05, 0) is 55.3 Å². The molecule has 8 heteroatoms. The first kappa shape index (κ1) is 19.1. The summed E-state index contributed by atoms with van der Waals surface area (Å²) in [5.74, 6) is 0. The standard InChI is InChI=1S/C20H20Cl2N4O2/c21-15-6-4-12(10-16(15)22)19(18-3-1-2-8-23-18)28-20(27)25-14-5-7-17-13(9-14)11-24-26-17/h4-7,9-11,18-19,23H,1-3,8H2,(H,24,26)(H,25,27)/t18-,19-/m0/s1. The second-order valence-electron chi connectivity index (χ2n) is 6.85. The Morgan fingerprint density at radius 2 is 2.07 bits per heavy atom. The highest BCUT2D eigenvalue weighted by atomic mass is 35.5. The summed E-state index contributed by atoms with van der Waals surface area (Å²) in [6.07, 6.45) is 3.83. The summed E-state index contributed by atoms with van der Waals surface area (Å²) >= 11 is 12.2. The van der Waals surface area contributed by atoms with Gasteiger partial charge in [0, 0.05) is 17.1 Å². The maximum Gasteiger partial charge on any atom is 0.412 e. The van der Waals surface area contributed by atoms with Crippen LogP contribution in [-0.2, 0) is 4.74 Å². The van der Waals surface area contributed by atoms with E-state index in [1.807, 2.05) is 18.2 Å². The van der Waals surface area contributed by atoms with Gasteiger partial charge in [0.2, 0.25) is 0 Å². The lowest BCUT2D eigenvalue weighted by atomic mass is 9.95. The topological polar surface area (TPSA) is 79.0 Å². The molecule has 0 spiro atoms. The first-order valence-corrected chi connectivity index (χ1v) is 9.95. The van der Waals surface area contributed by atoms with E-state index in [0.29, 0.717) is 15.7 Å². The zero-order valence-corrected chi connectivity index (χ0v) is 16.6. The summed E-state index contributed by atoms with van der Waals surface area (Å²) in [6, 6.07) is 10.9. The lowest BCUT2D eigenvalue weighted by Gasteiger charge is -2.31. The fourth-order valence-corrected chi connectivity index (χ4v) is 3.80. The minimum Gasteiger partial charge on any atom is -0.439 e. The van der Waals surface area contributed by atoms with E-state index in [1.54, 1.807) is 24.4 Å². The summed E-state index contributed by atoms with van der Waals surface area (Å²) in [7, 11) is 0. The molecule has 1 saturated heterocycles. The van der Waals surface area contributed by atoms with E-state index in [-0.39, 0.29) is 6.04 Å². The third-order valence-corrected chi connectivity index (χ3v) is 5.65. The lowest BCUT2D eigenvalue weighted by molar-refractivity contribution is 0.0763. The maximum absolute atomic E-state index is 12.6. The van der Waals surface area contributed by atoms with E-state index in [2.05, 4.69) is 20.8 Å².